The van der Waals surface area contributed by atoms with Crippen LogP contribution in [-0.2, 0) is 10.1 Å². The van der Waals surface area contributed by atoms with Crippen LogP contribution in [0.3, 0.4) is 0 Å². The number of benzene rings is 1. The second kappa shape index (κ2) is 5.35. The second-order valence-electron chi connectivity index (χ2n) is 3.47. The molecule has 0 spiro atoms. The summed E-state index contributed by atoms with van der Waals surface area (Å²) in [5.41, 5.74) is -0.655. The molecule has 0 bridgehead atoms. The van der Waals surface area contributed by atoms with Gasteiger partial charge in [0.25, 0.3) is 0 Å². The van der Waals surface area contributed by atoms with Crippen molar-refractivity contribution in [3.8, 4) is 5.75 Å². The first-order chi connectivity index (χ1) is 9.29. The number of nitro benzene ring substituents is 1. The maximum Gasteiger partial charge on any atom is 0.349 e. The van der Waals surface area contributed by atoms with Crippen molar-refractivity contribution >= 4 is 38.7 Å². The third-order valence-electron chi connectivity index (χ3n) is 2.11. The van der Waals surface area contributed by atoms with Crippen molar-refractivity contribution in [1.29, 1.82) is 0 Å². The molecule has 0 fully saturated rings. The summed E-state index contributed by atoms with van der Waals surface area (Å²) in [6, 6.07) is 4.81. The number of hydrogen-bond donors (Lipinski definition) is 0. The van der Waals surface area contributed by atoms with Gasteiger partial charge in [-0.05, 0) is 18.2 Å². The van der Waals surface area contributed by atoms with Gasteiger partial charge in [-0.3, -0.25) is 10.1 Å². The molecule has 0 saturated carbocycles. The summed E-state index contributed by atoms with van der Waals surface area (Å²) in [6.07, 6.45) is 0. The molecule has 1 aromatic heterocycles. The molecule has 0 radical (unpaired) electrons. The number of hydrogen-bond acceptors (Lipinski definition) is 6. The third kappa shape index (κ3) is 3.06. The predicted octanol–water partition coefficient (Wildman–Crippen LogP) is 3.22. The molecule has 0 aliphatic rings. The normalized spacial score (nSPS) is 11.3. The molecule has 0 saturated heterocycles. The van der Waals surface area contributed by atoms with Gasteiger partial charge in [0.2, 0.25) is 5.75 Å². The van der Waals surface area contributed by atoms with Crippen LogP contribution in [0.2, 0.25) is 4.34 Å². The van der Waals surface area contributed by atoms with Crippen molar-refractivity contribution in [1.82, 2.24) is 0 Å². The molecule has 0 N–H and O–H groups in total. The number of rotatable bonds is 4. The van der Waals surface area contributed by atoms with Crippen LogP contribution in [0.1, 0.15) is 0 Å². The maximum atomic E-state index is 13.1. The van der Waals surface area contributed by atoms with Crippen LogP contribution in [0.4, 0.5) is 10.1 Å². The third-order valence-corrected chi connectivity index (χ3v) is 5.03. The molecule has 0 aliphatic heterocycles. The van der Waals surface area contributed by atoms with Crippen LogP contribution >= 0.6 is 22.9 Å². The largest absolute Gasteiger partial charge is 0.371 e. The standard InChI is InChI=1S/C10H5ClFNO5S2/c11-9-3-4-10(19-9)20(16,17)18-8-5-6(12)1-2-7(8)13(14)15/h1-5H. The lowest BCUT2D eigenvalue weighted by atomic mass is 10.3. The number of nitro groups is 1. The van der Waals surface area contributed by atoms with E-state index in [0.717, 1.165) is 23.5 Å². The van der Waals surface area contributed by atoms with Gasteiger partial charge in [0.1, 0.15) is 5.82 Å². The summed E-state index contributed by atoms with van der Waals surface area (Å²) in [7, 11) is -4.30. The van der Waals surface area contributed by atoms with E-state index in [1.807, 2.05) is 0 Å². The first-order valence-corrected chi connectivity index (χ1v) is 7.53. The van der Waals surface area contributed by atoms with Gasteiger partial charge in [-0.15, -0.1) is 11.3 Å². The van der Waals surface area contributed by atoms with Crippen LogP contribution in [0.25, 0.3) is 0 Å². The molecule has 1 heterocycles. The van der Waals surface area contributed by atoms with Gasteiger partial charge in [-0.1, -0.05) is 11.6 Å². The minimum atomic E-state index is -4.30. The molecule has 2 rings (SSSR count). The summed E-state index contributed by atoms with van der Waals surface area (Å²) < 4.78 is 41.4. The van der Waals surface area contributed by atoms with Gasteiger partial charge < -0.3 is 4.18 Å². The number of nitrogens with zero attached hydrogens (tertiary/aromatic N) is 1. The van der Waals surface area contributed by atoms with E-state index in [0.29, 0.717) is 6.07 Å². The van der Waals surface area contributed by atoms with Gasteiger partial charge in [-0.2, -0.15) is 8.42 Å². The van der Waals surface area contributed by atoms with Gasteiger partial charge in [0, 0.05) is 12.1 Å². The Labute approximate surface area is 121 Å². The Balaban J connectivity index is 2.44. The predicted molar refractivity (Wildman–Crippen MR) is 70.2 cm³/mol. The summed E-state index contributed by atoms with van der Waals surface area (Å²) in [5.74, 6) is -1.55. The van der Waals surface area contributed by atoms with Crippen LogP contribution in [0.5, 0.6) is 5.75 Å². The van der Waals surface area contributed by atoms with Gasteiger partial charge >= 0.3 is 15.8 Å². The molecular formula is C10H5ClFNO5S2. The Morgan fingerprint density at radius 3 is 2.55 bits per heavy atom. The van der Waals surface area contributed by atoms with Crippen molar-refractivity contribution < 1.29 is 21.9 Å². The van der Waals surface area contributed by atoms with Crippen molar-refractivity contribution in [3.63, 3.8) is 0 Å². The Morgan fingerprint density at radius 1 is 1.30 bits per heavy atom. The fourth-order valence-electron chi connectivity index (χ4n) is 1.30. The lowest BCUT2D eigenvalue weighted by molar-refractivity contribution is -0.385. The molecule has 106 valence electrons. The molecule has 0 aliphatic carbocycles. The zero-order valence-electron chi connectivity index (χ0n) is 9.45. The summed E-state index contributed by atoms with van der Waals surface area (Å²) >= 11 is 6.33. The van der Waals surface area contributed by atoms with E-state index < -0.39 is 32.3 Å². The van der Waals surface area contributed by atoms with Gasteiger partial charge in [0.15, 0.2) is 4.21 Å². The van der Waals surface area contributed by atoms with Gasteiger partial charge in [-0.25, -0.2) is 4.39 Å². The average molecular weight is 338 g/mol. The zero-order valence-corrected chi connectivity index (χ0v) is 11.8. The second-order valence-corrected chi connectivity index (χ2v) is 6.95. The highest BCUT2D eigenvalue weighted by atomic mass is 35.5. The SMILES string of the molecule is O=[N+]([O-])c1ccc(F)cc1OS(=O)(=O)c1ccc(Cl)s1. The van der Waals surface area contributed by atoms with E-state index in [1.165, 1.54) is 12.1 Å². The van der Waals surface area contributed by atoms with E-state index in [2.05, 4.69) is 4.18 Å². The Hall–Kier alpha value is -1.71. The topological polar surface area (TPSA) is 86.5 Å². The highest BCUT2D eigenvalue weighted by molar-refractivity contribution is 7.89. The Bertz CT molecular complexity index is 774. The van der Waals surface area contributed by atoms with Crippen LogP contribution in [-0.4, -0.2) is 13.3 Å². The van der Waals surface area contributed by atoms with Crippen molar-refractivity contribution in [3.05, 3.63) is 50.6 Å². The molecule has 6 nitrogen and oxygen atoms in total. The molecule has 0 amide bonds. The molecule has 20 heavy (non-hydrogen) atoms. The lowest BCUT2D eigenvalue weighted by Gasteiger charge is -2.05. The van der Waals surface area contributed by atoms with Crippen LogP contribution in [0, 0.1) is 15.9 Å². The fourth-order valence-corrected chi connectivity index (χ4v) is 3.68. The monoisotopic (exact) mass is 337 g/mol. The lowest BCUT2D eigenvalue weighted by Crippen LogP contribution is -2.09. The summed E-state index contributed by atoms with van der Waals surface area (Å²) in [5, 5.41) is 10.7. The first kappa shape index (κ1) is 14.7. The highest BCUT2D eigenvalue weighted by Crippen LogP contribution is 2.32. The van der Waals surface area contributed by atoms with E-state index in [4.69, 9.17) is 11.6 Å². The smallest absolute Gasteiger partial charge is 0.349 e. The van der Waals surface area contributed by atoms with Crippen molar-refractivity contribution in [2.75, 3.05) is 0 Å². The molecule has 1 aromatic carbocycles. The Morgan fingerprint density at radius 2 is 2.00 bits per heavy atom. The van der Waals surface area contributed by atoms with Crippen molar-refractivity contribution in [2.24, 2.45) is 0 Å². The highest BCUT2D eigenvalue weighted by Gasteiger charge is 2.25. The minimum Gasteiger partial charge on any atom is -0.371 e. The molecular weight excluding hydrogens is 333 g/mol. The molecule has 0 atom stereocenters. The molecule has 0 unspecified atom stereocenters. The fraction of sp³-hybridized carbons (Fsp3) is 0. The quantitative estimate of drug-likeness (QED) is 0.485. The van der Waals surface area contributed by atoms with E-state index >= 15 is 0 Å². The summed E-state index contributed by atoms with van der Waals surface area (Å²) in [6.45, 7) is 0. The van der Waals surface area contributed by atoms with Crippen molar-refractivity contribution in [2.45, 2.75) is 4.21 Å². The number of halogens is 2. The van der Waals surface area contributed by atoms with Crippen LogP contribution < -0.4 is 4.18 Å². The van der Waals surface area contributed by atoms with E-state index in [1.54, 1.807) is 0 Å². The number of thiophene rings is 1. The molecule has 2 aromatic rings. The molecule has 10 heteroatoms. The zero-order chi connectivity index (χ0) is 14.9. The minimum absolute atomic E-state index is 0.209. The summed E-state index contributed by atoms with van der Waals surface area (Å²) in [4.78, 5) is 9.88. The van der Waals surface area contributed by atoms with Crippen LogP contribution in [0.15, 0.2) is 34.5 Å². The van der Waals surface area contributed by atoms with Gasteiger partial charge in [0.05, 0.1) is 9.26 Å². The average Bonchev–Trinajstić information content (AvgIpc) is 2.75. The Kier molecular flexibility index (Phi) is 3.93. The first-order valence-electron chi connectivity index (χ1n) is 4.93. The van der Waals surface area contributed by atoms with E-state index in [9.17, 15) is 22.9 Å². The maximum absolute atomic E-state index is 13.1. The van der Waals surface area contributed by atoms with E-state index in [-0.39, 0.29) is 8.55 Å².